The number of aromatic nitrogens is 3. The van der Waals surface area contributed by atoms with Gasteiger partial charge >= 0.3 is 0 Å². The van der Waals surface area contributed by atoms with Crippen LogP contribution in [0.5, 0.6) is 5.75 Å². The number of ether oxygens (including phenoxy) is 1. The van der Waals surface area contributed by atoms with Gasteiger partial charge in [0.25, 0.3) is 0 Å². The number of H-pyrrole nitrogens is 2. The summed E-state index contributed by atoms with van der Waals surface area (Å²) in [6.07, 6.45) is 6.17. The third-order valence-electron chi connectivity index (χ3n) is 6.48. The van der Waals surface area contributed by atoms with Crippen LogP contribution in [0.15, 0.2) is 40.1 Å². The Morgan fingerprint density at radius 1 is 1.27 bits per heavy atom. The first-order valence-corrected chi connectivity index (χ1v) is 13.3. The number of anilines is 1. The molecular weight excluding hydrogens is 498 g/mol. The number of hydrogen-bond donors (Lipinski definition) is 3. The monoisotopic (exact) mass is 528 g/mol. The summed E-state index contributed by atoms with van der Waals surface area (Å²) in [4.78, 5) is 13.6. The van der Waals surface area contributed by atoms with Crippen LogP contribution in [0.25, 0.3) is 10.9 Å². The highest BCUT2D eigenvalue weighted by Gasteiger charge is 2.26. The van der Waals surface area contributed by atoms with Crippen LogP contribution in [0.1, 0.15) is 30.1 Å². The molecule has 1 aromatic carbocycles. The summed E-state index contributed by atoms with van der Waals surface area (Å²) in [7, 11) is 0. The molecule has 1 saturated carbocycles. The van der Waals surface area contributed by atoms with Gasteiger partial charge in [-0.3, -0.25) is 5.10 Å². The van der Waals surface area contributed by atoms with Gasteiger partial charge in [0.2, 0.25) is 0 Å². The number of nitrogens with one attached hydrogen (secondary N) is 3. The Hall–Kier alpha value is -3.38. The predicted molar refractivity (Wildman–Crippen MR) is 144 cm³/mol. The number of amidine groups is 1. The molecule has 0 spiro atoms. The lowest BCUT2D eigenvalue weighted by atomic mass is 10.2. The van der Waals surface area contributed by atoms with E-state index in [1.165, 1.54) is 12.8 Å². The second-order valence-corrected chi connectivity index (χ2v) is 9.98. The minimum atomic E-state index is -0.623. The maximum Gasteiger partial charge on any atom is 0.181 e. The third kappa shape index (κ3) is 5.80. The fourth-order valence-electron chi connectivity index (χ4n) is 4.32. The molecule has 1 aliphatic carbocycles. The van der Waals surface area contributed by atoms with E-state index in [1.54, 1.807) is 31.0 Å². The smallest absolute Gasteiger partial charge is 0.181 e. The molecule has 2 aliphatic rings. The lowest BCUT2D eigenvalue weighted by molar-refractivity contribution is 0.276. The molecule has 196 valence electrons. The average Bonchev–Trinajstić information content (AvgIpc) is 3.52. The zero-order valence-electron chi connectivity index (χ0n) is 20.9. The van der Waals surface area contributed by atoms with Gasteiger partial charge in [0.05, 0.1) is 5.52 Å². The molecule has 1 aliphatic heterocycles. The Balaban J connectivity index is 1.36. The van der Waals surface area contributed by atoms with E-state index in [-0.39, 0.29) is 23.4 Å². The number of piperazine rings is 1. The Kier molecular flexibility index (Phi) is 7.47. The fourth-order valence-corrected chi connectivity index (χ4v) is 4.85. The average molecular weight is 529 g/mol. The van der Waals surface area contributed by atoms with Gasteiger partial charge in [0, 0.05) is 67.1 Å². The summed E-state index contributed by atoms with van der Waals surface area (Å²) in [5.74, 6) is 0.886. The molecule has 9 nitrogen and oxygen atoms in total. The third-order valence-corrected chi connectivity index (χ3v) is 7.36. The van der Waals surface area contributed by atoms with Gasteiger partial charge in [-0.15, -0.1) is 0 Å². The standard InChI is InChI=1S/C25H30F2N8OS/c1-15-10-17-24(27)20(11-18(26)25(17)30-15)36-14-29-23(34-6-8-35(37-3)9-7-34)13-21(28-2)31-22-12-19(32-33-22)16-4-5-16/h10-13,16,30H,2,4-9,14H2,1,3H3,(H2,31,32,33)/b21-13+,29-23+. The zero-order valence-corrected chi connectivity index (χ0v) is 21.7. The number of nitrogens with zero attached hydrogens (tertiary/aromatic N) is 5. The van der Waals surface area contributed by atoms with E-state index in [1.807, 2.05) is 6.07 Å². The molecule has 0 atom stereocenters. The van der Waals surface area contributed by atoms with E-state index in [9.17, 15) is 8.78 Å². The van der Waals surface area contributed by atoms with Gasteiger partial charge in [-0.1, -0.05) is 11.9 Å². The maximum absolute atomic E-state index is 15.0. The first kappa shape index (κ1) is 25.3. The largest absolute Gasteiger partial charge is 0.468 e. The minimum Gasteiger partial charge on any atom is -0.468 e. The highest BCUT2D eigenvalue weighted by molar-refractivity contribution is 7.96. The first-order chi connectivity index (χ1) is 17.9. The van der Waals surface area contributed by atoms with Crippen LogP contribution in [0, 0.1) is 18.6 Å². The number of rotatable bonds is 9. The molecule has 3 heterocycles. The molecule has 0 bridgehead atoms. The second kappa shape index (κ2) is 10.9. The number of aromatic amines is 2. The molecule has 1 saturated heterocycles. The molecule has 0 radical (unpaired) electrons. The SMILES string of the molecule is C=N/C(=C\C(=N/COc1cc(F)c2[nH]c(C)cc2c1F)N1CCN(SC)CC1)Nc1cc(C2CC2)[nH]n1. The predicted octanol–water partition coefficient (Wildman–Crippen LogP) is 4.64. The number of benzene rings is 1. The van der Waals surface area contributed by atoms with Gasteiger partial charge in [-0.2, -0.15) is 5.10 Å². The van der Waals surface area contributed by atoms with Crippen molar-refractivity contribution in [3.05, 3.63) is 53.1 Å². The Bertz CT molecular complexity index is 1340. The van der Waals surface area contributed by atoms with Crippen LogP contribution in [0.3, 0.4) is 0 Å². The molecule has 3 N–H and O–H groups in total. The zero-order chi connectivity index (χ0) is 25.9. The van der Waals surface area contributed by atoms with Gasteiger partial charge in [-0.05, 0) is 38.8 Å². The van der Waals surface area contributed by atoms with Gasteiger partial charge in [-0.25, -0.2) is 23.1 Å². The summed E-state index contributed by atoms with van der Waals surface area (Å²) >= 11 is 1.70. The Morgan fingerprint density at radius 2 is 2.05 bits per heavy atom. The molecule has 12 heteroatoms. The van der Waals surface area contributed by atoms with Crippen molar-refractivity contribution in [1.82, 2.24) is 24.4 Å². The molecule has 0 amide bonds. The van der Waals surface area contributed by atoms with Crippen molar-refractivity contribution < 1.29 is 13.5 Å². The quantitative estimate of drug-likeness (QED) is 0.213. The molecule has 0 unspecified atom stereocenters. The summed E-state index contributed by atoms with van der Waals surface area (Å²) in [5, 5.41) is 10.7. The van der Waals surface area contributed by atoms with Crippen LogP contribution in [-0.2, 0) is 0 Å². The highest BCUT2D eigenvalue weighted by Crippen LogP contribution is 2.39. The topological polar surface area (TPSA) is 96.9 Å². The molecule has 3 aromatic rings. The molecular formula is C25H30F2N8OS. The second-order valence-electron chi connectivity index (χ2n) is 9.10. The Morgan fingerprint density at radius 3 is 2.76 bits per heavy atom. The molecule has 2 aromatic heterocycles. The van der Waals surface area contributed by atoms with Crippen molar-refractivity contribution in [3.63, 3.8) is 0 Å². The fraction of sp³-hybridized carbons (Fsp3) is 0.400. The van der Waals surface area contributed by atoms with Gasteiger partial charge in [0.15, 0.2) is 29.9 Å². The van der Waals surface area contributed by atoms with Crippen molar-refractivity contribution in [2.75, 3.05) is 44.5 Å². The number of fused-ring (bicyclic) bond motifs is 1. The molecule has 2 fully saturated rings. The van der Waals surface area contributed by atoms with Crippen molar-refractivity contribution in [3.8, 4) is 5.75 Å². The lowest BCUT2D eigenvalue weighted by Gasteiger charge is -2.34. The van der Waals surface area contributed by atoms with E-state index in [4.69, 9.17) is 4.74 Å². The minimum absolute atomic E-state index is 0.122. The van der Waals surface area contributed by atoms with E-state index >= 15 is 0 Å². The Labute approximate surface area is 218 Å². The van der Waals surface area contributed by atoms with Crippen molar-refractivity contribution in [2.45, 2.75) is 25.7 Å². The van der Waals surface area contributed by atoms with Crippen LogP contribution < -0.4 is 10.1 Å². The maximum atomic E-state index is 15.0. The van der Waals surface area contributed by atoms with E-state index in [2.05, 4.69) is 52.7 Å². The number of aryl methyl sites for hydroxylation is 1. The van der Waals surface area contributed by atoms with E-state index in [0.717, 1.165) is 37.9 Å². The summed E-state index contributed by atoms with van der Waals surface area (Å²) < 4.78 is 37.3. The molecule has 37 heavy (non-hydrogen) atoms. The van der Waals surface area contributed by atoms with E-state index in [0.29, 0.717) is 29.1 Å². The van der Waals surface area contributed by atoms with Crippen LogP contribution in [-0.4, -0.2) is 76.1 Å². The van der Waals surface area contributed by atoms with Gasteiger partial charge in [0.1, 0.15) is 11.7 Å². The van der Waals surface area contributed by atoms with Crippen molar-refractivity contribution >= 4 is 41.2 Å². The summed E-state index contributed by atoms with van der Waals surface area (Å²) in [5.41, 5.74) is 1.89. The summed E-state index contributed by atoms with van der Waals surface area (Å²) in [6, 6.07) is 4.58. The number of halogens is 2. The van der Waals surface area contributed by atoms with Crippen LogP contribution >= 0.6 is 11.9 Å². The van der Waals surface area contributed by atoms with Crippen LogP contribution in [0.4, 0.5) is 14.6 Å². The highest BCUT2D eigenvalue weighted by atomic mass is 32.2. The van der Waals surface area contributed by atoms with E-state index < -0.39 is 11.6 Å². The lowest BCUT2D eigenvalue weighted by Crippen LogP contribution is -2.46. The number of aliphatic imine (C=N–C) groups is 2. The van der Waals surface area contributed by atoms with Crippen molar-refractivity contribution in [1.29, 1.82) is 0 Å². The van der Waals surface area contributed by atoms with Crippen molar-refractivity contribution in [2.24, 2.45) is 9.98 Å². The molecule has 5 rings (SSSR count). The van der Waals surface area contributed by atoms with Gasteiger partial charge < -0.3 is 19.9 Å². The number of hydrogen-bond acceptors (Lipinski definition) is 7. The van der Waals surface area contributed by atoms with Crippen LogP contribution in [0.2, 0.25) is 0 Å². The summed E-state index contributed by atoms with van der Waals surface area (Å²) in [6.45, 7) is 8.43. The normalized spacial score (nSPS) is 17.5. The first-order valence-electron chi connectivity index (χ1n) is 12.1.